The van der Waals surface area contributed by atoms with Gasteiger partial charge in [-0.25, -0.2) is 4.98 Å². The van der Waals surface area contributed by atoms with Crippen LogP contribution in [0.5, 0.6) is 0 Å². The number of thioether (sulfide) groups is 1. The highest BCUT2D eigenvalue weighted by Gasteiger charge is 2.33. The lowest BCUT2D eigenvalue weighted by atomic mass is 10.1. The van der Waals surface area contributed by atoms with E-state index in [1.807, 2.05) is 46.2 Å². The lowest BCUT2D eigenvalue weighted by Gasteiger charge is -2.22. The molecule has 6 heteroatoms. The summed E-state index contributed by atoms with van der Waals surface area (Å²) in [5.74, 6) is 0.121. The molecule has 0 aliphatic heterocycles. The molecular formula is C19H19N3OS2. The van der Waals surface area contributed by atoms with Crippen molar-refractivity contribution in [3.05, 3.63) is 64.6 Å². The number of rotatable bonds is 6. The molecule has 1 aliphatic carbocycles. The van der Waals surface area contributed by atoms with Crippen LogP contribution < -0.4 is 0 Å². The van der Waals surface area contributed by atoms with Gasteiger partial charge in [-0.1, -0.05) is 11.8 Å². The molecule has 4 nitrogen and oxygen atoms in total. The molecule has 4 rings (SSSR count). The first-order chi connectivity index (χ1) is 12.3. The average molecular weight is 370 g/mol. The number of hydrogen-bond donors (Lipinski definition) is 0. The number of hydrogen-bond acceptors (Lipinski definition) is 4. The number of amides is 1. The van der Waals surface area contributed by atoms with Crippen molar-refractivity contribution in [3.8, 4) is 5.69 Å². The van der Waals surface area contributed by atoms with E-state index in [2.05, 4.69) is 21.8 Å². The largest absolute Gasteiger partial charge is 0.331 e. The van der Waals surface area contributed by atoms with Crippen LogP contribution in [0, 0.1) is 0 Å². The zero-order valence-electron chi connectivity index (χ0n) is 14.0. The highest BCUT2D eigenvalue weighted by atomic mass is 32.2. The van der Waals surface area contributed by atoms with Gasteiger partial charge in [0.15, 0.2) is 5.16 Å². The van der Waals surface area contributed by atoms with Gasteiger partial charge in [-0.3, -0.25) is 9.36 Å². The molecule has 1 aromatic carbocycles. The molecule has 1 saturated carbocycles. The summed E-state index contributed by atoms with van der Waals surface area (Å²) in [7, 11) is 0. The van der Waals surface area contributed by atoms with E-state index in [1.165, 1.54) is 5.56 Å². The number of carbonyl (C=O) groups excluding carboxylic acids is 1. The van der Waals surface area contributed by atoms with Crippen molar-refractivity contribution in [1.82, 2.24) is 14.5 Å². The minimum Gasteiger partial charge on any atom is -0.331 e. The summed E-state index contributed by atoms with van der Waals surface area (Å²) in [5.41, 5.74) is 2.98. The van der Waals surface area contributed by atoms with Crippen molar-refractivity contribution in [2.45, 2.75) is 30.6 Å². The second-order valence-corrected chi connectivity index (χ2v) is 7.68. The van der Waals surface area contributed by atoms with E-state index in [9.17, 15) is 4.79 Å². The Labute approximate surface area is 155 Å². The van der Waals surface area contributed by atoms with Crippen molar-refractivity contribution in [2.75, 3.05) is 6.26 Å². The average Bonchev–Trinajstić information content (AvgIpc) is 3.16. The highest BCUT2D eigenvalue weighted by Crippen LogP contribution is 2.30. The van der Waals surface area contributed by atoms with E-state index in [1.54, 1.807) is 29.3 Å². The van der Waals surface area contributed by atoms with Gasteiger partial charge in [-0.2, -0.15) is 11.3 Å². The standard InChI is InChI=1S/C19H19N3OS2/c1-24-19-20-9-10-21(19)16-4-2-15(3-5-16)18(23)22(17-6-7-17)12-14-8-11-25-13-14/h2-5,8-11,13,17H,6-7,12H2,1H3. The summed E-state index contributed by atoms with van der Waals surface area (Å²) in [5, 5.41) is 5.12. The molecule has 0 saturated heterocycles. The first-order valence-electron chi connectivity index (χ1n) is 8.26. The lowest BCUT2D eigenvalue weighted by Crippen LogP contribution is -2.32. The molecule has 128 valence electrons. The maximum absolute atomic E-state index is 13.0. The van der Waals surface area contributed by atoms with Crippen LogP contribution in [0.25, 0.3) is 5.69 Å². The van der Waals surface area contributed by atoms with E-state index in [0.29, 0.717) is 12.6 Å². The third kappa shape index (κ3) is 3.50. The predicted octanol–water partition coefficient (Wildman–Crippen LogP) is 4.46. The monoisotopic (exact) mass is 369 g/mol. The molecule has 0 N–H and O–H groups in total. The summed E-state index contributed by atoms with van der Waals surface area (Å²) >= 11 is 3.28. The number of aromatic nitrogens is 2. The fraction of sp³-hybridized carbons (Fsp3) is 0.263. The Bertz CT molecular complexity index is 851. The van der Waals surface area contributed by atoms with Gasteiger partial charge in [0.25, 0.3) is 5.91 Å². The van der Waals surface area contributed by atoms with Crippen molar-refractivity contribution in [1.29, 1.82) is 0 Å². The van der Waals surface area contributed by atoms with Crippen molar-refractivity contribution in [3.63, 3.8) is 0 Å². The van der Waals surface area contributed by atoms with Gasteiger partial charge in [0.1, 0.15) is 0 Å². The molecule has 0 unspecified atom stereocenters. The summed E-state index contributed by atoms with van der Waals surface area (Å²) in [6, 6.07) is 10.3. The lowest BCUT2D eigenvalue weighted by molar-refractivity contribution is 0.0730. The Morgan fingerprint density at radius 1 is 1.32 bits per heavy atom. The fourth-order valence-corrected chi connectivity index (χ4v) is 4.09. The number of carbonyl (C=O) groups is 1. The molecule has 2 aromatic heterocycles. The Kier molecular flexibility index (Phi) is 4.63. The van der Waals surface area contributed by atoms with E-state index in [0.717, 1.165) is 29.2 Å². The van der Waals surface area contributed by atoms with Crippen LogP contribution >= 0.6 is 23.1 Å². The van der Waals surface area contributed by atoms with E-state index < -0.39 is 0 Å². The quantitative estimate of drug-likeness (QED) is 0.602. The molecule has 0 atom stereocenters. The van der Waals surface area contributed by atoms with Crippen molar-refractivity contribution < 1.29 is 4.79 Å². The minimum absolute atomic E-state index is 0.121. The Morgan fingerprint density at radius 2 is 2.12 bits per heavy atom. The Morgan fingerprint density at radius 3 is 2.76 bits per heavy atom. The normalized spacial score (nSPS) is 13.8. The number of imidazole rings is 1. The van der Waals surface area contributed by atoms with Gasteiger partial charge in [0.2, 0.25) is 0 Å². The van der Waals surface area contributed by atoms with Crippen molar-refractivity contribution >= 4 is 29.0 Å². The van der Waals surface area contributed by atoms with Crippen LogP contribution in [0.2, 0.25) is 0 Å². The molecule has 1 aliphatic rings. The van der Waals surface area contributed by atoms with Crippen LogP contribution in [-0.2, 0) is 6.54 Å². The highest BCUT2D eigenvalue weighted by molar-refractivity contribution is 7.98. The van der Waals surface area contributed by atoms with Crippen LogP contribution in [0.4, 0.5) is 0 Å². The Hall–Kier alpha value is -2.05. The van der Waals surface area contributed by atoms with E-state index in [4.69, 9.17) is 0 Å². The van der Waals surface area contributed by atoms with E-state index >= 15 is 0 Å². The molecule has 0 radical (unpaired) electrons. The fourth-order valence-electron chi connectivity index (χ4n) is 2.90. The first-order valence-corrected chi connectivity index (χ1v) is 10.4. The zero-order chi connectivity index (χ0) is 17.2. The topological polar surface area (TPSA) is 38.1 Å². The van der Waals surface area contributed by atoms with Gasteiger partial charge in [-0.15, -0.1) is 0 Å². The second kappa shape index (κ2) is 7.06. The van der Waals surface area contributed by atoms with Gasteiger partial charge in [0, 0.05) is 36.2 Å². The minimum atomic E-state index is 0.121. The SMILES string of the molecule is CSc1nccn1-c1ccc(C(=O)N(Cc2ccsc2)C2CC2)cc1. The van der Waals surface area contributed by atoms with E-state index in [-0.39, 0.29) is 5.91 Å². The third-order valence-electron chi connectivity index (χ3n) is 4.36. The molecule has 0 bridgehead atoms. The summed E-state index contributed by atoms with van der Waals surface area (Å²) in [6.45, 7) is 0.701. The number of benzene rings is 1. The molecule has 0 spiro atoms. The van der Waals surface area contributed by atoms with Crippen LogP contribution in [0.1, 0.15) is 28.8 Å². The summed E-state index contributed by atoms with van der Waals surface area (Å²) < 4.78 is 2.03. The molecule has 2 heterocycles. The van der Waals surface area contributed by atoms with Crippen LogP contribution in [0.3, 0.4) is 0 Å². The number of thiophene rings is 1. The zero-order valence-corrected chi connectivity index (χ0v) is 15.6. The first kappa shape index (κ1) is 16.4. The van der Waals surface area contributed by atoms with Gasteiger partial charge in [-0.05, 0) is 65.8 Å². The van der Waals surface area contributed by atoms with Gasteiger partial charge < -0.3 is 4.90 Å². The second-order valence-electron chi connectivity index (χ2n) is 6.13. The summed E-state index contributed by atoms with van der Waals surface area (Å²) in [4.78, 5) is 19.3. The molecule has 25 heavy (non-hydrogen) atoms. The molecule has 1 fully saturated rings. The summed E-state index contributed by atoms with van der Waals surface area (Å²) in [6.07, 6.45) is 7.96. The molecule has 1 amide bonds. The smallest absolute Gasteiger partial charge is 0.254 e. The third-order valence-corrected chi connectivity index (χ3v) is 5.76. The Balaban J connectivity index is 1.55. The van der Waals surface area contributed by atoms with Crippen molar-refractivity contribution in [2.24, 2.45) is 0 Å². The van der Waals surface area contributed by atoms with Crippen LogP contribution in [-0.4, -0.2) is 32.7 Å². The molecular weight excluding hydrogens is 350 g/mol. The van der Waals surface area contributed by atoms with Crippen LogP contribution in [0.15, 0.2) is 58.6 Å². The van der Waals surface area contributed by atoms with Gasteiger partial charge >= 0.3 is 0 Å². The maximum atomic E-state index is 13.0. The van der Waals surface area contributed by atoms with Gasteiger partial charge in [0.05, 0.1) is 0 Å². The molecule has 3 aromatic rings. The number of nitrogens with zero attached hydrogens (tertiary/aromatic N) is 3. The maximum Gasteiger partial charge on any atom is 0.254 e. The predicted molar refractivity (Wildman–Crippen MR) is 103 cm³/mol.